The predicted octanol–water partition coefficient (Wildman–Crippen LogP) is 3.05. The summed E-state index contributed by atoms with van der Waals surface area (Å²) in [6, 6.07) is 10.1. The van der Waals surface area contributed by atoms with E-state index in [1.807, 2.05) is 24.4 Å². The van der Waals surface area contributed by atoms with Crippen LogP contribution in [0.5, 0.6) is 0 Å². The standard InChI is InChI=1S/C19H22ClN5/c1-14-23-18-17(24-11-8-21-9-12-24)5-7-22-19(18)25(14)10-6-15-3-2-4-16(20)13-15/h2-5,7,13,21H,6,8-12H2,1H3. The minimum atomic E-state index is 0.781. The molecule has 25 heavy (non-hydrogen) atoms. The summed E-state index contributed by atoms with van der Waals surface area (Å²) in [5.41, 5.74) is 4.40. The summed E-state index contributed by atoms with van der Waals surface area (Å²) >= 11 is 6.10. The smallest absolute Gasteiger partial charge is 0.162 e. The van der Waals surface area contributed by atoms with Crippen LogP contribution in [0.3, 0.4) is 0 Å². The Balaban J connectivity index is 1.64. The Bertz CT molecular complexity index is 883. The molecule has 1 aliphatic rings. The Labute approximate surface area is 152 Å². The van der Waals surface area contributed by atoms with Crippen LogP contribution in [0.4, 0.5) is 5.69 Å². The lowest BCUT2D eigenvalue weighted by Gasteiger charge is -2.29. The van der Waals surface area contributed by atoms with E-state index in [-0.39, 0.29) is 0 Å². The van der Waals surface area contributed by atoms with Gasteiger partial charge in [0.25, 0.3) is 0 Å². The van der Waals surface area contributed by atoms with E-state index in [9.17, 15) is 0 Å². The number of anilines is 1. The van der Waals surface area contributed by atoms with Crippen molar-refractivity contribution in [2.24, 2.45) is 0 Å². The second-order valence-electron chi connectivity index (χ2n) is 6.43. The van der Waals surface area contributed by atoms with Crippen molar-refractivity contribution in [1.29, 1.82) is 0 Å². The third-order valence-corrected chi connectivity index (χ3v) is 5.01. The molecule has 1 aliphatic heterocycles. The van der Waals surface area contributed by atoms with Crippen molar-refractivity contribution < 1.29 is 0 Å². The predicted molar refractivity (Wildman–Crippen MR) is 103 cm³/mol. The molecule has 6 heteroatoms. The summed E-state index contributed by atoms with van der Waals surface area (Å²) in [6.07, 6.45) is 2.81. The van der Waals surface area contributed by atoms with Crippen molar-refractivity contribution in [1.82, 2.24) is 19.9 Å². The zero-order chi connectivity index (χ0) is 17.2. The second kappa shape index (κ2) is 7.02. The van der Waals surface area contributed by atoms with Crippen LogP contribution >= 0.6 is 11.6 Å². The Morgan fingerprint density at radius 1 is 1.20 bits per heavy atom. The molecule has 3 heterocycles. The third-order valence-electron chi connectivity index (χ3n) is 4.77. The number of fused-ring (bicyclic) bond motifs is 1. The summed E-state index contributed by atoms with van der Waals surface area (Å²) in [5, 5.41) is 4.18. The van der Waals surface area contributed by atoms with Crippen LogP contribution in [0.2, 0.25) is 5.02 Å². The van der Waals surface area contributed by atoms with E-state index in [0.29, 0.717) is 0 Å². The molecule has 1 aromatic carbocycles. The molecule has 0 atom stereocenters. The first-order valence-corrected chi connectivity index (χ1v) is 9.12. The van der Waals surface area contributed by atoms with Gasteiger partial charge in [0, 0.05) is 43.9 Å². The van der Waals surface area contributed by atoms with Gasteiger partial charge in [0.1, 0.15) is 11.3 Å². The van der Waals surface area contributed by atoms with Crippen LogP contribution in [-0.4, -0.2) is 40.7 Å². The molecule has 0 saturated carbocycles. The van der Waals surface area contributed by atoms with E-state index >= 15 is 0 Å². The fraction of sp³-hybridized carbons (Fsp3) is 0.368. The van der Waals surface area contributed by atoms with Crippen molar-refractivity contribution >= 4 is 28.5 Å². The lowest BCUT2D eigenvalue weighted by atomic mass is 10.1. The number of aryl methyl sites for hydroxylation is 3. The van der Waals surface area contributed by atoms with Crippen molar-refractivity contribution in [2.45, 2.75) is 19.9 Å². The summed E-state index contributed by atoms with van der Waals surface area (Å²) < 4.78 is 2.21. The molecule has 2 aromatic heterocycles. The number of hydrogen-bond acceptors (Lipinski definition) is 4. The molecule has 5 nitrogen and oxygen atoms in total. The second-order valence-corrected chi connectivity index (χ2v) is 6.87. The fourth-order valence-corrected chi connectivity index (χ4v) is 3.69. The van der Waals surface area contributed by atoms with Gasteiger partial charge in [-0.2, -0.15) is 0 Å². The number of halogens is 1. The summed E-state index contributed by atoms with van der Waals surface area (Å²) in [4.78, 5) is 11.8. The zero-order valence-electron chi connectivity index (χ0n) is 14.4. The molecule has 0 amide bonds. The Kier molecular flexibility index (Phi) is 4.59. The van der Waals surface area contributed by atoms with Gasteiger partial charge in [-0.25, -0.2) is 9.97 Å². The highest BCUT2D eigenvalue weighted by atomic mass is 35.5. The number of imidazole rings is 1. The zero-order valence-corrected chi connectivity index (χ0v) is 15.1. The van der Waals surface area contributed by atoms with Gasteiger partial charge in [0.2, 0.25) is 0 Å². The van der Waals surface area contributed by atoms with Crippen LogP contribution in [0.15, 0.2) is 36.5 Å². The number of nitrogens with zero attached hydrogens (tertiary/aromatic N) is 4. The molecular weight excluding hydrogens is 334 g/mol. The maximum absolute atomic E-state index is 6.10. The topological polar surface area (TPSA) is 46.0 Å². The highest BCUT2D eigenvalue weighted by Gasteiger charge is 2.18. The molecule has 1 N–H and O–H groups in total. The molecule has 1 saturated heterocycles. The summed E-state index contributed by atoms with van der Waals surface area (Å²) in [7, 11) is 0. The normalized spacial score (nSPS) is 15.0. The van der Waals surface area contributed by atoms with Crippen LogP contribution in [0.25, 0.3) is 11.2 Å². The molecule has 4 rings (SSSR count). The lowest BCUT2D eigenvalue weighted by Crippen LogP contribution is -2.43. The molecular formula is C19H22ClN5. The monoisotopic (exact) mass is 355 g/mol. The average molecular weight is 356 g/mol. The fourth-order valence-electron chi connectivity index (χ4n) is 3.48. The number of rotatable bonds is 4. The van der Waals surface area contributed by atoms with Gasteiger partial charge in [0.15, 0.2) is 5.65 Å². The Hall–Kier alpha value is -2.11. The van der Waals surface area contributed by atoms with Crippen LogP contribution < -0.4 is 10.2 Å². The molecule has 1 fully saturated rings. The SMILES string of the molecule is Cc1nc2c(N3CCNCC3)ccnc2n1CCc1cccc(Cl)c1. The van der Waals surface area contributed by atoms with E-state index in [0.717, 1.165) is 61.2 Å². The van der Waals surface area contributed by atoms with Crippen LogP contribution in [0.1, 0.15) is 11.4 Å². The van der Waals surface area contributed by atoms with Crippen molar-refractivity contribution in [3.8, 4) is 0 Å². The first-order valence-electron chi connectivity index (χ1n) is 8.74. The van der Waals surface area contributed by atoms with Crippen LogP contribution in [-0.2, 0) is 13.0 Å². The largest absolute Gasteiger partial charge is 0.367 e. The summed E-state index contributed by atoms with van der Waals surface area (Å²) in [6.45, 7) is 6.94. The Morgan fingerprint density at radius 2 is 2.04 bits per heavy atom. The molecule has 0 unspecified atom stereocenters. The average Bonchev–Trinajstić information content (AvgIpc) is 2.96. The highest BCUT2D eigenvalue weighted by Crippen LogP contribution is 2.26. The number of aromatic nitrogens is 3. The van der Waals surface area contributed by atoms with Gasteiger partial charge in [-0.3, -0.25) is 0 Å². The number of hydrogen-bond donors (Lipinski definition) is 1. The minimum Gasteiger partial charge on any atom is -0.367 e. The van der Waals surface area contributed by atoms with E-state index in [4.69, 9.17) is 16.6 Å². The number of benzene rings is 1. The molecule has 130 valence electrons. The first kappa shape index (κ1) is 16.4. The molecule has 0 spiro atoms. The van der Waals surface area contributed by atoms with E-state index in [2.05, 4.69) is 38.8 Å². The van der Waals surface area contributed by atoms with Gasteiger partial charge in [-0.15, -0.1) is 0 Å². The number of pyridine rings is 1. The van der Waals surface area contributed by atoms with Gasteiger partial charge in [0.05, 0.1) is 5.69 Å². The van der Waals surface area contributed by atoms with E-state index in [1.54, 1.807) is 0 Å². The van der Waals surface area contributed by atoms with Crippen molar-refractivity contribution in [3.63, 3.8) is 0 Å². The molecule has 0 aliphatic carbocycles. The highest BCUT2D eigenvalue weighted by molar-refractivity contribution is 6.30. The van der Waals surface area contributed by atoms with Gasteiger partial charge in [-0.1, -0.05) is 23.7 Å². The minimum absolute atomic E-state index is 0.781. The first-order chi connectivity index (χ1) is 12.2. The number of piperazine rings is 1. The third kappa shape index (κ3) is 3.34. The van der Waals surface area contributed by atoms with Gasteiger partial charge < -0.3 is 14.8 Å². The van der Waals surface area contributed by atoms with Gasteiger partial charge in [-0.05, 0) is 37.1 Å². The maximum Gasteiger partial charge on any atom is 0.162 e. The summed E-state index contributed by atoms with van der Waals surface area (Å²) in [5.74, 6) is 1.01. The lowest BCUT2D eigenvalue weighted by molar-refractivity contribution is 0.590. The van der Waals surface area contributed by atoms with Crippen LogP contribution in [0, 0.1) is 6.92 Å². The molecule has 3 aromatic rings. The molecule has 0 bridgehead atoms. The van der Waals surface area contributed by atoms with Crippen molar-refractivity contribution in [2.75, 3.05) is 31.1 Å². The van der Waals surface area contributed by atoms with E-state index < -0.39 is 0 Å². The van der Waals surface area contributed by atoms with Crippen molar-refractivity contribution in [3.05, 3.63) is 52.9 Å². The number of nitrogens with one attached hydrogen (secondary N) is 1. The quantitative estimate of drug-likeness (QED) is 0.781. The maximum atomic E-state index is 6.10. The van der Waals surface area contributed by atoms with Gasteiger partial charge >= 0.3 is 0 Å². The molecule has 0 radical (unpaired) electrons. The Morgan fingerprint density at radius 3 is 2.84 bits per heavy atom. The van der Waals surface area contributed by atoms with E-state index in [1.165, 1.54) is 11.3 Å².